The molecule has 1 saturated heterocycles. The minimum absolute atomic E-state index is 0.222. The van der Waals surface area contributed by atoms with Crippen LogP contribution in [0.3, 0.4) is 0 Å². The number of carbonyl (C=O) groups excluding carboxylic acids is 3. The molecule has 4 atom stereocenters. The maximum Gasteiger partial charge on any atom is 0.339 e. The lowest BCUT2D eigenvalue weighted by Crippen LogP contribution is -2.41. The SMILES string of the molecule is CCC(=O)O[C@@H]1CC2=C(C)C3=C(C=C[C@]24COC(=O)[C@@H]4C1)C(=O)O[C@H]3c1ccoc1. The molecule has 0 aromatic carbocycles. The summed E-state index contributed by atoms with van der Waals surface area (Å²) >= 11 is 0. The van der Waals surface area contributed by atoms with E-state index >= 15 is 0 Å². The molecule has 0 radical (unpaired) electrons. The van der Waals surface area contributed by atoms with E-state index in [2.05, 4.69) is 0 Å². The highest BCUT2D eigenvalue weighted by molar-refractivity contribution is 5.97. The maximum absolute atomic E-state index is 12.7. The molecule has 2 aliphatic carbocycles. The van der Waals surface area contributed by atoms with Gasteiger partial charge in [0.2, 0.25) is 0 Å². The predicted octanol–water partition coefficient (Wildman–Crippen LogP) is 3.34. The van der Waals surface area contributed by atoms with Crippen molar-refractivity contribution in [2.24, 2.45) is 11.3 Å². The Morgan fingerprint density at radius 2 is 2.17 bits per heavy atom. The van der Waals surface area contributed by atoms with Gasteiger partial charge in [-0.2, -0.15) is 0 Å². The van der Waals surface area contributed by atoms with Crippen molar-refractivity contribution in [1.29, 1.82) is 0 Å². The lowest BCUT2D eigenvalue weighted by molar-refractivity contribution is -0.153. The van der Waals surface area contributed by atoms with Crippen molar-refractivity contribution in [2.75, 3.05) is 6.61 Å². The summed E-state index contributed by atoms with van der Waals surface area (Å²) in [6, 6.07) is 1.77. The Morgan fingerprint density at radius 3 is 2.90 bits per heavy atom. The van der Waals surface area contributed by atoms with Gasteiger partial charge in [-0.3, -0.25) is 9.59 Å². The Morgan fingerprint density at radius 1 is 1.33 bits per heavy atom. The van der Waals surface area contributed by atoms with Crippen LogP contribution in [0.1, 0.15) is 44.8 Å². The summed E-state index contributed by atoms with van der Waals surface area (Å²) < 4.78 is 22.0. The van der Waals surface area contributed by atoms with Crippen molar-refractivity contribution < 1.29 is 33.0 Å². The molecule has 3 heterocycles. The fourth-order valence-corrected chi connectivity index (χ4v) is 5.19. The molecule has 1 aromatic heterocycles. The van der Waals surface area contributed by atoms with Crippen molar-refractivity contribution in [3.05, 3.63) is 58.6 Å². The largest absolute Gasteiger partial charge is 0.472 e. The van der Waals surface area contributed by atoms with Crippen LogP contribution < -0.4 is 0 Å². The van der Waals surface area contributed by atoms with E-state index in [0.717, 1.165) is 22.3 Å². The normalized spacial score (nSPS) is 32.3. The van der Waals surface area contributed by atoms with Gasteiger partial charge in [-0.05, 0) is 30.6 Å². The zero-order valence-corrected chi connectivity index (χ0v) is 16.8. The number of ether oxygens (including phenoxy) is 3. The first-order chi connectivity index (χ1) is 14.4. The summed E-state index contributed by atoms with van der Waals surface area (Å²) in [5.41, 5.74) is 3.21. The lowest BCUT2D eigenvalue weighted by Gasteiger charge is -2.40. The molecule has 30 heavy (non-hydrogen) atoms. The van der Waals surface area contributed by atoms with Gasteiger partial charge in [-0.15, -0.1) is 0 Å². The number of esters is 3. The van der Waals surface area contributed by atoms with E-state index in [1.807, 2.05) is 13.0 Å². The highest BCUT2D eigenvalue weighted by atomic mass is 16.6. The minimum Gasteiger partial charge on any atom is -0.472 e. The third kappa shape index (κ3) is 2.61. The minimum atomic E-state index is -0.637. The highest BCUT2D eigenvalue weighted by Crippen LogP contribution is 2.56. The van der Waals surface area contributed by atoms with Crippen molar-refractivity contribution in [1.82, 2.24) is 0 Å². The van der Waals surface area contributed by atoms with Gasteiger partial charge in [0, 0.05) is 24.0 Å². The molecule has 0 bridgehead atoms. The van der Waals surface area contributed by atoms with Gasteiger partial charge in [0.15, 0.2) is 6.10 Å². The van der Waals surface area contributed by atoms with Gasteiger partial charge in [-0.25, -0.2) is 4.79 Å². The summed E-state index contributed by atoms with van der Waals surface area (Å²) in [6.07, 6.45) is 6.97. The maximum atomic E-state index is 12.7. The van der Waals surface area contributed by atoms with Crippen LogP contribution in [0, 0.1) is 11.3 Å². The monoisotopic (exact) mass is 410 g/mol. The van der Waals surface area contributed by atoms with E-state index in [9.17, 15) is 14.4 Å². The lowest BCUT2D eigenvalue weighted by atomic mass is 9.62. The van der Waals surface area contributed by atoms with Gasteiger partial charge in [0.25, 0.3) is 0 Å². The van der Waals surface area contributed by atoms with Crippen LogP contribution in [-0.4, -0.2) is 30.6 Å². The predicted molar refractivity (Wildman–Crippen MR) is 103 cm³/mol. The van der Waals surface area contributed by atoms with E-state index in [4.69, 9.17) is 18.6 Å². The topological polar surface area (TPSA) is 92.0 Å². The van der Waals surface area contributed by atoms with Crippen LogP contribution >= 0.6 is 0 Å². The molecule has 5 rings (SSSR count). The zero-order chi connectivity index (χ0) is 21.0. The quantitative estimate of drug-likeness (QED) is 0.557. The summed E-state index contributed by atoms with van der Waals surface area (Å²) in [7, 11) is 0. The Kier molecular flexibility index (Phi) is 4.24. The standard InChI is InChI=1S/C23H22O7/c1-3-18(24)29-14-8-16-12(2)19-15(21(25)30-20(19)13-5-7-27-10-13)4-6-23(16)11-28-22(26)17(23)9-14/h4-7,10,14,17,20H,3,8-9,11H2,1-2H3/t14-,17+,20+,23+/m1/s1. The third-order valence-electron chi connectivity index (χ3n) is 6.69. The molecule has 1 spiro atoms. The molecule has 156 valence electrons. The van der Waals surface area contributed by atoms with Gasteiger partial charge >= 0.3 is 17.9 Å². The fourth-order valence-electron chi connectivity index (χ4n) is 5.19. The van der Waals surface area contributed by atoms with Crippen molar-refractivity contribution in [2.45, 2.75) is 45.3 Å². The van der Waals surface area contributed by atoms with Crippen molar-refractivity contribution >= 4 is 17.9 Å². The van der Waals surface area contributed by atoms with Crippen LogP contribution in [0.15, 0.2) is 57.5 Å². The Labute approximate surface area is 173 Å². The highest BCUT2D eigenvalue weighted by Gasteiger charge is 2.57. The number of cyclic esters (lactones) is 2. The Balaban J connectivity index is 1.64. The Bertz CT molecular complexity index is 1030. The van der Waals surface area contributed by atoms with E-state index in [-0.39, 0.29) is 25.0 Å². The molecule has 0 amide bonds. The smallest absolute Gasteiger partial charge is 0.339 e. The molecule has 2 fully saturated rings. The van der Waals surface area contributed by atoms with Crippen LogP contribution in [-0.2, 0) is 28.6 Å². The molecule has 0 unspecified atom stereocenters. The van der Waals surface area contributed by atoms with Gasteiger partial charge in [0.1, 0.15) is 12.7 Å². The fraction of sp³-hybridized carbons (Fsp3) is 0.435. The van der Waals surface area contributed by atoms with Crippen molar-refractivity contribution in [3.8, 4) is 0 Å². The Hall–Kier alpha value is -3.09. The molecule has 0 N–H and O–H groups in total. The number of hydrogen-bond donors (Lipinski definition) is 0. The molecule has 4 aliphatic rings. The summed E-state index contributed by atoms with van der Waals surface area (Å²) in [4.78, 5) is 37.2. The molecular formula is C23H22O7. The van der Waals surface area contributed by atoms with Crippen LogP contribution in [0.4, 0.5) is 0 Å². The first-order valence-electron chi connectivity index (χ1n) is 10.2. The van der Waals surface area contributed by atoms with Crippen LogP contribution in [0.25, 0.3) is 0 Å². The van der Waals surface area contributed by atoms with Crippen LogP contribution in [0.2, 0.25) is 0 Å². The van der Waals surface area contributed by atoms with E-state index in [1.165, 1.54) is 0 Å². The second-order valence-electron chi connectivity index (χ2n) is 8.21. The average molecular weight is 410 g/mol. The molecule has 7 nitrogen and oxygen atoms in total. The summed E-state index contributed by atoms with van der Waals surface area (Å²) in [5, 5.41) is 0. The summed E-state index contributed by atoms with van der Waals surface area (Å²) in [6.45, 7) is 3.91. The van der Waals surface area contributed by atoms with E-state index in [1.54, 1.807) is 31.6 Å². The number of hydrogen-bond acceptors (Lipinski definition) is 7. The number of rotatable bonds is 3. The summed E-state index contributed by atoms with van der Waals surface area (Å²) in [5.74, 6) is -1.45. The van der Waals surface area contributed by atoms with Crippen LogP contribution in [0.5, 0.6) is 0 Å². The molecule has 7 heteroatoms. The third-order valence-corrected chi connectivity index (χ3v) is 6.69. The van der Waals surface area contributed by atoms with E-state index < -0.39 is 29.5 Å². The van der Waals surface area contributed by atoms with Gasteiger partial charge in [-0.1, -0.05) is 19.1 Å². The zero-order valence-electron chi connectivity index (χ0n) is 16.8. The first kappa shape index (κ1) is 18.9. The second kappa shape index (κ2) is 6.72. The molecule has 1 saturated carbocycles. The number of furan rings is 1. The van der Waals surface area contributed by atoms with E-state index in [0.29, 0.717) is 18.4 Å². The second-order valence-corrected chi connectivity index (χ2v) is 8.21. The number of carbonyl (C=O) groups is 3. The average Bonchev–Trinajstić information content (AvgIpc) is 3.43. The van der Waals surface area contributed by atoms with Gasteiger partial charge < -0.3 is 18.6 Å². The van der Waals surface area contributed by atoms with Gasteiger partial charge in [0.05, 0.1) is 29.4 Å². The van der Waals surface area contributed by atoms with Crippen molar-refractivity contribution in [3.63, 3.8) is 0 Å². The molecular weight excluding hydrogens is 388 g/mol. The molecule has 1 aromatic rings. The first-order valence-corrected chi connectivity index (χ1v) is 10.2. The molecule has 2 aliphatic heterocycles.